The predicted octanol–water partition coefficient (Wildman–Crippen LogP) is 1.06. The van der Waals surface area contributed by atoms with Crippen LogP contribution in [0.1, 0.15) is 34.1 Å². The van der Waals surface area contributed by atoms with Gasteiger partial charge < -0.3 is 15.4 Å². The summed E-state index contributed by atoms with van der Waals surface area (Å²) in [7, 11) is 0. The fourth-order valence-electron chi connectivity index (χ4n) is 1.97. The minimum absolute atomic E-state index is 0.0468. The molecule has 1 aliphatic rings. The molecule has 0 atom stereocenters. The fourth-order valence-corrected chi connectivity index (χ4v) is 1.97. The van der Waals surface area contributed by atoms with Crippen molar-refractivity contribution >= 4 is 5.96 Å². The highest BCUT2D eigenvalue weighted by atomic mass is 16.5. The van der Waals surface area contributed by atoms with Crippen LogP contribution < -0.4 is 10.6 Å². The van der Waals surface area contributed by atoms with E-state index in [4.69, 9.17) is 4.74 Å². The van der Waals surface area contributed by atoms with Gasteiger partial charge >= 0.3 is 0 Å². The summed E-state index contributed by atoms with van der Waals surface area (Å²) >= 11 is 0. The van der Waals surface area contributed by atoms with Crippen molar-refractivity contribution in [3.05, 3.63) is 0 Å². The highest BCUT2D eigenvalue weighted by molar-refractivity contribution is 5.80. The van der Waals surface area contributed by atoms with Gasteiger partial charge in [0.25, 0.3) is 0 Å². The van der Waals surface area contributed by atoms with E-state index in [1.54, 1.807) is 0 Å². The van der Waals surface area contributed by atoms with Crippen LogP contribution in [0.4, 0.5) is 0 Å². The standard InChI is InChI=1S/C14H30N4O/c1-5-15-13(17-14(2,3)4)16-7-6-8-18-9-11-19-12-10-18/h5-12H2,1-4H3,(H2,15,16,17). The van der Waals surface area contributed by atoms with E-state index in [0.29, 0.717) is 0 Å². The lowest BCUT2D eigenvalue weighted by atomic mass is 10.1. The number of nitrogens with one attached hydrogen (secondary N) is 2. The summed E-state index contributed by atoms with van der Waals surface area (Å²) in [5, 5.41) is 6.68. The quantitative estimate of drug-likeness (QED) is 0.446. The zero-order valence-electron chi connectivity index (χ0n) is 13.0. The average Bonchev–Trinajstić information content (AvgIpc) is 2.34. The number of morpholine rings is 1. The Morgan fingerprint density at radius 3 is 2.53 bits per heavy atom. The second-order valence-corrected chi connectivity index (χ2v) is 5.94. The Balaban J connectivity index is 2.26. The average molecular weight is 270 g/mol. The van der Waals surface area contributed by atoms with Crippen molar-refractivity contribution in [3.63, 3.8) is 0 Å². The van der Waals surface area contributed by atoms with Crippen molar-refractivity contribution < 1.29 is 4.74 Å². The highest BCUT2D eigenvalue weighted by Crippen LogP contribution is 2.00. The zero-order valence-corrected chi connectivity index (χ0v) is 13.0. The molecule has 2 N–H and O–H groups in total. The first-order valence-electron chi connectivity index (χ1n) is 7.38. The molecule has 0 aromatic carbocycles. The molecule has 0 bridgehead atoms. The molecule has 0 spiro atoms. The Kier molecular flexibility index (Phi) is 7.16. The number of hydrogen-bond acceptors (Lipinski definition) is 3. The molecule has 112 valence electrons. The van der Waals surface area contributed by atoms with Crippen LogP contribution in [0.15, 0.2) is 4.99 Å². The summed E-state index contributed by atoms with van der Waals surface area (Å²) in [6, 6.07) is 0. The maximum atomic E-state index is 5.34. The van der Waals surface area contributed by atoms with E-state index < -0.39 is 0 Å². The Labute approximate surface area is 117 Å². The molecule has 0 aliphatic carbocycles. The summed E-state index contributed by atoms with van der Waals surface area (Å²) in [5.74, 6) is 0.914. The van der Waals surface area contributed by atoms with E-state index >= 15 is 0 Å². The largest absolute Gasteiger partial charge is 0.379 e. The van der Waals surface area contributed by atoms with Gasteiger partial charge in [0, 0.05) is 38.3 Å². The van der Waals surface area contributed by atoms with Crippen molar-refractivity contribution in [1.29, 1.82) is 0 Å². The van der Waals surface area contributed by atoms with Crippen LogP contribution >= 0.6 is 0 Å². The number of aliphatic imine (C=N–C) groups is 1. The van der Waals surface area contributed by atoms with Gasteiger partial charge in [-0.25, -0.2) is 0 Å². The van der Waals surface area contributed by atoms with Crippen molar-refractivity contribution in [3.8, 4) is 0 Å². The molecule has 0 saturated carbocycles. The monoisotopic (exact) mass is 270 g/mol. The Hall–Kier alpha value is -0.810. The summed E-state index contributed by atoms with van der Waals surface area (Å²) in [4.78, 5) is 7.07. The van der Waals surface area contributed by atoms with Crippen LogP contribution in [-0.2, 0) is 4.74 Å². The van der Waals surface area contributed by atoms with Gasteiger partial charge in [0.15, 0.2) is 5.96 Å². The lowest BCUT2D eigenvalue weighted by molar-refractivity contribution is 0.0377. The van der Waals surface area contributed by atoms with E-state index in [9.17, 15) is 0 Å². The molecule has 1 aliphatic heterocycles. The van der Waals surface area contributed by atoms with Gasteiger partial charge in [0.1, 0.15) is 0 Å². The molecule has 0 amide bonds. The number of ether oxygens (including phenoxy) is 1. The number of rotatable bonds is 5. The van der Waals surface area contributed by atoms with E-state index in [1.807, 2.05) is 0 Å². The maximum absolute atomic E-state index is 5.34. The van der Waals surface area contributed by atoms with Crippen molar-refractivity contribution in [2.24, 2.45) is 4.99 Å². The molecule has 5 heteroatoms. The summed E-state index contributed by atoms with van der Waals surface area (Å²) in [6.45, 7) is 15.3. The second-order valence-electron chi connectivity index (χ2n) is 5.94. The molecule has 0 radical (unpaired) electrons. The van der Waals surface area contributed by atoms with Crippen LogP contribution in [0.5, 0.6) is 0 Å². The van der Waals surface area contributed by atoms with Gasteiger partial charge in [0.05, 0.1) is 13.2 Å². The van der Waals surface area contributed by atoms with E-state index in [2.05, 4.69) is 48.2 Å². The summed E-state index contributed by atoms with van der Waals surface area (Å²) in [6.07, 6.45) is 1.10. The third-order valence-electron chi connectivity index (χ3n) is 2.84. The third-order valence-corrected chi connectivity index (χ3v) is 2.84. The van der Waals surface area contributed by atoms with E-state index in [0.717, 1.165) is 58.3 Å². The summed E-state index contributed by atoms with van der Waals surface area (Å²) in [5.41, 5.74) is 0.0468. The van der Waals surface area contributed by atoms with Gasteiger partial charge in [-0.1, -0.05) is 0 Å². The lowest BCUT2D eigenvalue weighted by Gasteiger charge is -2.26. The molecular weight excluding hydrogens is 240 g/mol. The SMILES string of the molecule is CCNC(=NCCCN1CCOCC1)NC(C)(C)C. The molecule has 1 rings (SSSR count). The number of hydrogen-bond donors (Lipinski definition) is 2. The van der Waals surface area contributed by atoms with E-state index in [-0.39, 0.29) is 5.54 Å². The first-order chi connectivity index (χ1) is 9.01. The molecule has 0 unspecified atom stereocenters. The maximum Gasteiger partial charge on any atom is 0.191 e. The van der Waals surface area contributed by atoms with Gasteiger partial charge in [-0.05, 0) is 34.1 Å². The van der Waals surface area contributed by atoms with Crippen LogP contribution in [-0.4, -0.2) is 62.3 Å². The Morgan fingerprint density at radius 2 is 1.95 bits per heavy atom. The highest BCUT2D eigenvalue weighted by Gasteiger charge is 2.12. The predicted molar refractivity (Wildman–Crippen MR) is 80.7 cm³/mol. The van der Waals surface area contributed by atoms with Gasteiger partial charge in [-0.15, -0.1) is 0 Å². The second kappa shape index (κ2) is 8.38. The van der Waals surface area contributed by atoms with Crippen LogP contribution in [0.2, 0.25) is 0 Å². The fraction of sp³-hybridized carbons (Fsp3) is 0.929. The number of nitrogens with zero attached hydrogens (tertiary/aromatic N) is 2. The minimum atomic E-state index is 0.0468. The molecular formula is C14H30N4O. The molecule has 19 heavy (non-hydrogen) atoms. The third kappa shape index (κ3) is 8.06. The Bertz CT molecular complexity index is 267. The van der Waals surface area contributed by atoms with Gasteiger partial charge in [0.2, 0.25) is 0 Å². The first-order valence-corrected chi connectivity index (χ1v) is 7.38. The van der Waals surface area contributed by atoms with Gasteiger partial charge in [-0.2, -0.15) is 0 Å². The topological polar surface area (TPSA) is 48.9 Å². The minimum Gasteiger partial charge on any atom is -0.379 e. The molecule has 0 aromatic heterocycles. The van der Waals surface area contributed by atoms with Crippen molar-refractivity contribution in [2.45, 2.75) is 39.7 Å². The van der Waals surface area contributed by atoms with Crippen molar-refractivity contribution in [1.82, 2.24) is 15.5 Å². The molecule has 1 saturated heterocycles. The summed E-state index contributed by atoms with van der Waals surface area (Å²) < 4.78 is 5.34. The first kappa shape index (κ1) is 16.2. The lowest BCUT2D eigenvalue weighted by Crippen LogP contribution is -2.47. The molecule has 0 aromatic rings. The van der Waals surface area contributed by atoms with E-state index in [1.165, 1.54) is 0 Å². The van der Waals surface area contributed by atoms with Gasteiger partial charge in [-0.3, -0.25) is 9.89 Å². The molecule has 1 heterocycles. The smallest absolute Gasteiger partial charge is 0.191 e. The van der Waals surface area contributed by atoms with Crippen LogP contribution in [0.3, 0.4) is 0 Å². The van der Waals surface area contributed by atoms with Crippen LogP contribution in [0.25, 0.3) is 0 Å². The van der Waals surface area contributed by atoms with Crippen LogP contribution in [0, 0.1) is 0 Å². The number of guanidine groups is 1. The Morgan fingerprint density at radius 1 is 1.26 bits per heavy atom. The molecule has 1 fully saturated rings. The normalized spacial score (nSPS) is 18.4. The van der Waals surface area contributed by atoms with Crippen molar-refractivity contribution in [2.75, 3.05) is 45.9 Å². The zero-order chi connectivity index (χ0) is 14.1. The molecule has 5 nitrogen and oxygen atoms in total.